The van der Waals surface area contributed by atoms with Crippen molar-refractivity contribution in [3.63, 3.8) is 0 Å². The first-order chi connectivity index (χ1) is 13.7. The van der Waals surface area contributed by atoms with Gasteiger partial charge in [-0.3, -0.25) is 9.59 Å². The fourth-order valence-corrected chi connectivity index (χ4v) is 4.83. The van der Waals surface area contributed by atoms with E-state index < -0.39 is 0 Å². The molecule has 1 aliphatic rings. The van der Waals surface area contributed by atoms with Crippen LogP contribution in [0.1, 0.15) is 23.2 Å². The summed E-state index contributed by atoms with van der Waals surface area (Å²) in [6.07, 6.45) is 0.513. The van der Waals surface area contributed by atoms with Gasteiger partial charge in [0, 0.05) is 44.6 Å². The van der Waals surface area contributed by atoms with Crippen molar-refractivity contribution in [1.29, 1.82) is 0 Å². The molecule has 2 aromatic heterocycles. The number of thiophene rings is 1. The van der Waals surface area contributed by atoms with Gasteiger partial charge in [-0.2, -0.15) is 0 Å². The lowest BCUT2D eigenvalue weighted by Gasteiger charge is -2.34. The van der Waals surface area contributed by atoms with Crippen molar-refractivity contribution < 1.29 is 9.59 Å². The Balaban J connectivity index is 1.27. The molecule has 6 nitrogen and oxygen atoms in total. The van der Waals surface area contributed by atoms with Crippen molar-refractivity contribution in [3.8, 4) is 9.88 Å². The maximum Gasteiger partial charge on any atom is 0.223 e. The summed E-state index contributed by atoms with van der Waals surface area (Å²) >= 11 is 3.24. The van der Waals surface area contributed by atoms with Crippen molar-refractivity contribution >= 4 is 39.5 Å². The van der Waals surface area contributed by atoms with Crippen LogP contribution in [0.2, 0.25) is 0 Å². The molecule has 0 radical (unpaired) electrons. The smallest absolute Gasteiger partial charge is 0.223 e. The van der Waals surface area contributed by atoms with E-state index in [1.165, 1.54) is 0 Å². The van der Waals surface area contributed by atoms with E-state index in [1.54, 1.807) is 34.8 Å². The van der Waals surface area contributed by atoms with Gasteiger partial charge < -0.3 is 9.80 Å². The molecular weight excluding hydrogens is 392 g/mol. The van der Waals surface area contributed by atoms with Crippen molar-refractivity contribution in [3.05, 3.63) is 53.4 Å². The molecule has 3 aromatic rings. The van der Waals surface area contributed by atoms with Gasteiger partial charge in [0.1, 0.15) is 0 Å². The number of anilines is 1. The van der Waals surface area contributed by atoms with Crippen molar-refractivity contribution in [2.24, 2.45) is 0 Å². The van der Waals surface area contributed by atoms with Gasteiger partial charge in [0.15, 0.2) is 10.8 Å². The Morgan fingerprint density at radius 2 is 1.71 bits per heavy atom. The van der Waals surface area contributed by atoms with E-state index in [-0.39, 0.29) is 24.5 Å². The first-order valence-corrected chi connectivity index (χ1v) is 10.9. The lowest BCUT2D eigenvalue weighted by Crippen LogP contribution is -2.48. The van der Waals surface area contributed by atoms with E-state index in [9.17, 15) is 9.59 Å². The Labute approximate surface area is 171 Å². The molecule has 1 aromatic carbocycles. The molecule has 8 heteroatoms. The molecule has 0 spiro atoms. The normalized spacial score (nSPS) is 14.3. The minimum atomic E-state index is 0.0163. The molecule has 1 fully saturated rings. The monoisotopic (exact) mass is 412 g/mol. The highest BCUT2D eigenvalue weighted by Gasteiger charge is 2.24. The van der Waals surface area contributed by atoms with Crippen LogP contribution in [0.4, 0.5) is 5.13 Å². The van der Waals surface area contributed by atoms with Gasteiger partial charge in [0.2, 0.25) is 11.0 Å². The fourth-order valence-electron chi connectivity index (χ4n) is 3.14. The number of ketones is 1. The third kappa shape index (κ3) is 4.28. The van der Waals surface area contributed by atoms with E-state index >= 15 is 0 Å². The first kappa shape index (κ1) is 18.8. The molecule has 144 valence electrons. The summed E-state index contributed by atoms with van der Waals surface area (Å²) in [6.45, 7) is 2.76. The number of nitrogens with zero attached hydrogens (tertiary/aromatic N) is 4. The van der Waals surface area contributed by atoms with Crippen LogP contribution in [-0.4, -0.2) is 53.0 Å². The van der Waals surface area contributed by atoms with Gasteiger partial charge >= 0.3 is 0 Å². The summed E-state index contributed by atoms with van der Waals surface area (Å²) in [6, 6.07) is 13.2. The highest BCUT2D eigenvalue weighted by atomic mass is 32.1. The van der Waals surface area contributed by atoms with Crippen molar-refractivity contribution in [2.45, 2.75) is 12.8 Å². The molecule has 1 aliphatic heterocycles. The zero-order chi connectivity index (χ0) is 19.3. The Bertz CT molecular complexity index is 932. The van der Waals surface area contributed by atoms with Gasteiger partial charge in [-0.05, 0) is 11.4 Å². The second-order valence-corrected chi connectivity index (χ2v) is 8.43. The van der Waals surface area contributed by atoms with Gasteiger partial charge in [-0.15, -0.1) is 21.5 Å². The van der Waals surface area contributed by atoms with Crippen LogP contribution >= 0.6 is 22.7 Å². The van der Waals surface area contributed by atoms with E-state index in [0.29, 0.717) is 18.7 Å². The quantitative estimate of drug-likeness (QED) is 0.579. The van der Waals surface area contributed by atoms with Crippen LogP contribution in [0.5, 0.6) is 0 Å². The Kier molecular flexibility index (Phi) is 5.78. The summed E-state index contributed by atoms with van der Waals surface area (Å²) in [5.41, 5.74) is 0.665. The number of hydrogen-bond donors (Lipinski definition) is 0. The van der Waals surface area contributed by atoms with Gasteiger partial charge in [-0.25, -0.2) is 0 Å². The Morgan fingerprint density at radius 3 is 2.43 bits per heavy atom. The molecule has 0 atom stereocenters. The zero-order valence-corrected chi connectivity index (χ0v) is 16.9. The van der Waals surface area contributed by atoms with Gasteiger partial charge in [0.25, 0.3) is 0 Å². The minimum Gasteiger partial charge on any atom is -0.343 e. The number of rotatable bonds is 6. The highest BCUT2D eigenvalue weighted by Crippen LogP contribution is 2.31. The van der Waals surface area contributed by atoms with Crippen LogP contribution in [0, 0.1) is 0 Å². The molecule has 0 aliphatic carbocycles. The lowest BCUT2D eigenvalue weighted by atomic mass is 10.1. The molecule has 0 N–H and O–H groups in total. The van der Waals surface area contributed by atoms with Crippen LogP contribution in [0.15, 0.2) is 47.8 Å². The van der Waals surface area contributed by atoms with E-state index in [1.807, 2.05) is 40.6 Å². The maximum atomic E-state index is 12.5. The third-order valence-corrected chi connectivity index (χ3v) is 6.73. The molecule has 0 saturated carbocycles. The first-order valence-electron chi connectivity index (χ1n) is 9.19. The molecule has 4 rings (SSSR count). The summed E-state index contributed by atoms with van der Waals surface area (Å²) in [4.78, 5) is 29.8. The molecule has 1 amide bonds. The predicted octanol–water partition coefficient (Wildman–Crippen LogP) is 3.58. The zero-order valence-electron chi connectivity index (χ0n) is 15.3. The Morgan fingerprint density at radius 1 is 0.929 bits per heavy atom. The SMILES string of the molecule is O=C(CCC(=O)N1CCN(c2nnc(-c3cccs3)s2)CC1)c1ccccc1. The number of piperazine rings is 1. The number of amides is 1. The maximum absolute atomic E-state index is 12.5. The molecule has 3 heterocycles. The van der Waals surface area contributed by atoms with Gasteiger partial charge in [0.05, 0.1) is 4.88 Å². The molecule has 1 saturated heterocycles. The van der Waals surface area contributed by atoms with E-state index in [0.717, 1.165) is 28.1 Å². The number of carbonyl (C=O) groups excluding carboxylic acids is 2. The number of carbonyl (C=O) groups is 2. The topological polar surface area (TPSA) is 66.4 Å². The van der Waals surface area contributed by atoms with Crippen molar-refractivity contribution in [2.75, 3.05) is 31.1 Å². The van der Waals surface area contributed by atoms with Crippen molar-refractivity contribution in [1.82, 2.24) is 15.1 Å². The Hall–Kier alpha value is -2.58. The third-order valence-electron chi connectivity index (χ3n) is 4.71. The second kappa shape index (κ2) is 8.62. The lowest BCUT2D eigenvalue weighted by molar-refractivity contribution is -0.131. The van der Waals surface area contributed by atoms with Crippen LogP contribution in [0.3, 0.4) is 0 Å². The van der Waals surface area contributed by atoms with Crippen LogP contribution in [0.25, 0.3) is 9.88 Å². The van der Waals surface area contributed by atoms with Crippen LogP contribution in [-0.2, 0) is 4.79 Å². The molecule has 0 bridgehead atoms. The summed E-state index contributed by atoms with van der Waals surface area (Å²) in [5.74, 6) is 0.0584. The standard InChI is InChI=1S/C20H20N4O2S2/c25-16(15-5-2-1-3-6-15)8-9-18(26)23-10-12-24(13-11-23)20-22-21-19(28-20)17-7-4-14-27-17/h1-7,14H,8-13H2. The largest absolute Gasteiger partial charge is 0.343 e. The van der Waals surface area contributed by atoms with E-state index in [2.05, 4.69) is 15.1 Å². The minimum absolute atomic E-state index is 0.0163. The number of benzene rings is 1. The molecule has 0 unspecified atom stereocenters. The average molecular weight is 413 g/mol. The fraction of sp³-hybridized carbons (Fsp3) is 0.300. The summed E-state index contributed by atoms with van der Waals surface area (Å²) in [7, 11) is 0. The highest BCUT2D eigenvalue weighted by molar-refractivity contribution is 7.22. The molecular formula is C20H20N4O2S2. The van der Waals surface area contributed by atoms with Gasteiger partial charge in [-0.1, -0.05) is 47.7 Å². The summed E-state index contributed by atoms with van der Waals surface area (Å²) < 4.78 is 0. The van der Waals surface area contributed by atoms with E-state index in [4.69, 9.17) is 0 Å². The number of aromatic nitrogens is 2. The number of hydrogen-bond acceptors (Lipinski definition) is 7. The predicted molar refractivity (Wildman–Crippen MR) is 112 cm³/mol. The summed E-state index contributed by atoms with van der Waals surface area (Å²) in [5, 5.41) is 12.5. The molecule has 28 heavy (non-hydrogen) atoms. The second-order valence-electron chi connectivity index (χ2n) is 6.52. The number of Topliss-reactive ketones (excluding diaryl/α,β-unsaturated/α-hetero) is 1. The van der Waals surface area contributed by atoms with Crippen LogP contribution < -0.4 is 4.90 Å². The average Bonchev–Trinajstić information content (AvgIpc) is 3.44.